The Morgan fingerprint density at radius 3 is 2.53 bits per heavy atom. The zero-order chi connectivity index (χ0) is 11.3. The molecule has 15 heavy (non-hydrogen) atoms. The third-order valence-electron chi connectivity index (χ3n) is 2.13. The predicted molar refractivity (Wildman–Crippen MR) is 61.2 cm³/mol. The second-order valence-electron chi connectivity index (χ2n) is 3.21. The Hall–Kier alpha value is -1.77. The van der Waals surface area contributed by atoms with Gasteiger partial charge in [-0.25, -0.2) is 4.79 Å². The van der Waals surface area contributed by atoms with Crippen molar-refractivity contribution in [2.45, 2.75) is 0 Å². The molecule has 3 heteroatoms. The van der Waals surface area contributed by atoms with Crippen molar-refractivity contribution in [1.29, 1.82) is 0 Å². The summed E-state index contributed by atoms with van der Waals surface area (Å²) in [5.74, 6) is -0.312. The maximum absolute atomic E-state index is 11.2. The first-order valence-electron chi connectivity index (χ1n) is 4.69. The Balaban J connectivity index is 2.80. The fourth-order valence-electron chi connectivity index (χ4n) is 1.27. The minimum Gasteiger partial charge on any atom is -0.465 e. The summed E-state index contributed by atoms with van der Waals surface area (Å²) in [4.78, 5) is 13.2. The molecule has 0 amide bonds. The molecule has 0 saturated carbocycles. The molecule has 0 radical (unpaired) electrons. The summed E-state index contributed by atoms with van der Waals surface area (Å²) in [5, 5.41) is 0. The van der Waals surface area contributed by atoms with E-state index in [0.29, 0.717) is 5.56 Å². The van der Waals surface area contributed by atoms with Crippen LogP contribution in [0.15, 0.2) is 36.9 Å². The molecule has 0 aromatic heterocycles. The number of carbonyl (C=O) groups is 1. The smallest absolute Gasteiger partial charge is 0.337 e. The Labute approximate surface area is 90.0 Å². The molecule has 1 aromatic carbocycles. The highest BCUT2D eigenvalue weighted by atomic mass is 16.5. The van der Waals surface area contributed by atoms with Gasteiger partial charge in [0.15, 0.2) is 0 Å². The number of methoxy groups -OCH3 is 1. The lowest BCUT2D eigenvalue weighted by molar-refractivity contribution is 0.0601. The van der Waals surface area contributed by atoms with E-state index < -0.39 is 0 Å². The summed E-state index contributed by atoms with van der Waals surface area (Å²) >= 11 is 0. The number of nitrogens with zero attached hydrogens (tertiary/aromatic N) is 1. The molecule has 0 fully saturated rings. The van der Waals surface area contributed by atoms with Crippen molar-refractivity contribution in [2.75, 3.05) is 25.6 Å². The van der Waals surface area contributed by atoms with Crippen molar-refractivity contribution < 1.29 is 9.53 Å². The van der Waals surface area contributed by atoms with Gasteiger partial charge in [-0.1, -0.05) is 6.08 Å². The maximum Gasteiger partial charge on any atom is 0.337 e. The lowest BCUT2D eigenvalue weighted by Gasteiger charge is -2.16. The van der Waals surface area contributed by atoms with E-state index in [-0.39, 0.29) is 5.97 Å². The summed E-state index contributed by atoms with van der Waals surface area (Å²) in [6.45, 7) is 4.44. The first-order valence-corrected chi connectivity index (χ1v) is 4.69. The normalized spacial score (nSPS) is 9.47. The number of likely N-dealkylation sites (N-methyl/N-ethyl adjacent to an activating group) is 1. The van der Waals surface area contributed by atoms with Crippen LogP contribution in [-0.4, -0.2) is 26.7 Å². The fourth-order valence-corrected chi connectivity index (χ4v) is 1.27. The number of esters is 1. The molecule has 0 aliphatic heterocycles. The molecule has 3 nitrogen and oxygen atoms in total. The van der Waals surface area contributed by atoms with Crippen LogP contribution in [0.3, 0.4) is 0 Å². The van der Waals surface area contributed by atoms with E-state index in [1.807, 2.05) is 30.2 Å². The number of anilines is 1. The van der Waals surface area contributed by atoms with Gasteiger partial charge < -0.3 is 9.64 Å². The third-order valence-corrected chi connectivity index (χ3v) is 2.13. The van der Waals surface area contributed by atoms with Crippen molar-refractivity contribution in [2.24, 2.45) is 0 Å². The molecule has 0 aliphatic rings. The molecule has 0 heterocycles. The first-order chi connectivity index (χ1) is 7.19. The molecule has 80 valence electrons. The largest absolute Gasteiger partial charge is 0.465 e. The molecule has 0 aliphatic carbocycles. The van der Waals surface area contributed by atoms with Crippen LogP contribution in [0.2, 0.25) is 0 Å². The van der Waals surface area contributed by atoms with E-state index in [1.165, 1.54) is 7.11 Å². The molecule has 0 bridgehead atoms. The lowest BCUT2D eigenvalue weighted by atomic mass is 10.2. The van der Waals surface area contributed by atoms with Crippen molar-refractivity contribution in [3.05, 3.63) is 42.5 Å². The number of hydrogen-bond acceptors (Lipinski definition) is 3. The van der Waals surface area contributed by atoms with Crippen LogP contribution < -0.4 is 4.90 Å². The Bertz CT molecular complexity index is 343. The van der Waals surface area contributed by atoms with Gasteiger partial charge in [0.05, 0.1) is 12.7 Å². The highest BCUT2D eigenvalue weighted by Crippen LogP contribution is 2.13. The highest BCUT2D eigenvalue weighted by molar-refractivity contribution is 5.89. The van der Waals surface area contributed by atoms with Gasteiger partial charge in [0.1, 0.15) is 0 Å². The molecular formula is C12H15NO2. The van der Waals surface area contributed by atoms with E-state index >= 15 is 0 Å². The maximum atomic E-state index is 11.2. The standard InChI is InChI=1S/C12H15NO2/c1-4-9-13(2)11-7-5-10(6-8-11)12(14)15-3/h4-8H,1,9H2,2-3H3. The average molecular weight is 205 g/mol. The quantitative estimate of drug-likeness (QED) is 0.557. The molecule has 0 atom stereocenters. The number of benzene rings is 1. The number of rotatable bonds is 4. The van der Waals surface area contributed by atoms with Crippen LogP contribution in [0.4, 0.5) is 5.69 Å². The van der Waals surface area contributed by atoms with Gasteiger partial charge >= 0.3 is 5.97 Å². The monoisotopic (exact) mass is 205 g/mol. The van der Waals surface area contributed by atoms with Crippen LogP contribution in [0.5, 0.6) is 0 Å². The van der Waals surface area contributed by atoms with Crippen molar-refractivity contribution in [1.82, 2.24) is 0 Å². The van der Waals surface area contributed by atoms with Gasteiger partial charge in [-0.15, -0.1) is 6.58 Å². The minimum atomic E-state index is -0.312. The molecule has 1 rings (SSSR count). The second kappa shape index (κ2) is 5.20. The average Bonchev–Trinajstić information content (AvgIpc) is 2.28. The molecular weight excluding hydrogens is 190 g/mol. The molecule has 0 unspecified atom stereocenters. The van der Waals surface area contributed by atoms with E-state index in [4.69, 9.17) is 0 Å². The number of carbonyl (C=O) groups excluding carboxylic acids is 1. The van der Waals surface area contributed by atoms with Crippen LogP contribution in [-0.2, 0) is 4.74 Å². The second-order valence-corrected chi connectivity index (χ2v) is 3.21. The van der Waals surface area contributed by atoms with Crippen molar-refractivity contribution in [3.8, 4) is 0 Å². The number of hydrogen-bond donors (Lipinski definition) is 0. The minimum absolute atomic E-state index is 0.312. The van der Waals surface area contributed by atoms with Crippen LogP contribution in [0.25, 0.3) is 0 Å². The van der Waals surface area contributed by atoms with Crippen molar-refractivity contribution in [3.63, 3.8) is 0 Å². The summed E-state index contributed by atoms with van der Waals surface area (Å²) in [7, 11) is 3.34. The van der Waals surface area contributed by atoms with Crippen LogP contribution in [0, 0.1) is 0 Å². The van der Waals surface area contributed by atoms with Gasteiger partial charge in [0.2, 0.25) is 0 Å². The molecule has 0 saturated heterocycles. The summed E-state index contributed by atoms with van der Waals surface area (Å²) in [6.07, 6.45) is 1.83. The van der Waals surface area contributed by atoms with Gasteiger partial charge in [-0.2, -0.15) is 0 Å². The summed E-state index contributed by atoms with van der Waals surface area (Å²) < 4.78 is 4.62. The molecule has 0 spiro atoms. The fraction of sp³-hybridized carbons (Fsp3) is 0.250. The highest BCUT2D eigenvalue weighted by Gasteiger charge is 2.05. The van der Waals surface area contributed by atoms with E-state index in [2.05, 4.69) is 11.3 Å². The van der Waals surface area contributed by atoms with Crippen LogP contribution >= 0.6 is 0 Å². The third kappa shape index (κ3) is 2.84. The van der Waals surface area contributed by atoms with Gasteiger partial charge in [0, 0.05) is 19.3 Å². The predicted octanol–water partition coefficient (Wildman–Crippen LogP) is 2.10. The Morgan fingerprint density at radius 1 is 1.47 bits per heavy atom. The zero-order valence-electron chi connectivity index (χ0n) is 9.06. The molecule has 1 aromatic rings. The summed E-state index contributed by atoms with van der Waals surface area (Å²) in [5.41, 5.74) is 1.61. The summed E-state index contributed by atoms with van der Waals surface area (Å²) in [6, 6.07) is 7.27. The first kappa shape index (κ1) is 11.3. The van der Waals surface area contributed by atoms with E-state index in [1.54, 1.807) is 12.1 Å². The van der Waals surface area contributed by atoms with E-state index in [0.717, 1.165) is 12.2 Å². The Morgan fingerprint density at radius 2 is 2.07 bits per heavy atom. The lowest BCUT2D eigenvalue weighted by Crippen LogP contribution is -2.16. The van der Waals surface area contributed by atoms with Crippen molar-refractivity contribution >= 4 is 11.7 Å². The zero-order valence-corrected chi connectivity index (χ0v) is 9.06. The topological polar surface area (TPSA) is 29.5 Å². The Kier molecular flexibility index (Phi) is 3.92. The SMILES string of the molecule is C=CCN(C)c1ccc(C(=O)OC)cc1. The van der Waals surface area contributed by atoms with Crippen LogP contribution in [0.1, 0.15) is 10.4 Å². The van der Waals surface area contributed by atoms with E-state index in [9.17, 15) is 4.79 Å². The van der Waals surface area contributed by atoms with Gasteiger partial charge in [-0.3, -0.25) is 0 Å². The number of ether oxygens (including phenoxy) is 1. The molecule has 0 N–H and O–H groups in total. The van der Waals surface area contributed by atoms with Gasteiger partial charge in [-0.05, 0) is 24.3 Å². The van der Waals surface area contributed by atoms with Gasteiger partial charge in [0.25, 0.3) is 0 Å².